The molecular weight excluding hydrogens is 456 g/mol. The van der Waals surface area contributed by atoms with Gasteiger partial charge in [-0.05, 0) is 99.7 Å². The lowest BCUT2D eigenvalue weighted by atomic mass is 9.95. The van der Waals surface area contributed by atoms with Gasteiger partial charge in [0.2, 0.25) is 0 Å². The third-order valence-corrected chi connectivity index (χ3v) is 8.88. The van der Waals surface area contributed by atoms with Crippen LogP contribution in [0.4, 0.5) is 0 Å². The third-order valence-electron chi connectivity index (χ3n) is 8.88. The summed E-state index contributed by atoms with van der Waals surface area (Å²) in [5.41, 5.74) is 5.92. The Labute approximate surface area is 220 Å². The lowest BCUT2D eigenvalue weighted by Gasteiger charge is -2.09. The first-order chi connectivity index (χ1) is 18.9. The zero-order chi connectivity index (χ0) is 24.8. The Morgan fingerprint density at radius 3 is 0.737 bits per heavy atom. The van der Waals surface area contributed by atoms with E-state index in [1.807, 2.05) is 0 Å². The van der Waals surface area contributed by atoms with Gasteiger partial charge in [-0.3, -0.25) is 0 Å². The molecule has 2 aliphatic rings. The molecule has 38 heavy (non-hydrogen) atoms. The van der Waals surface area contributed by atoms with E-state index in [1.54, 1.807) is 0 Å². The van der Waals surface area contributed by atoms with Crippen LogP contribution in [0.5, 0.6) is 0 Å². The Balaban J connectivity index is 0.000000111. The van der Waals surface area contributed by atoms with Gasteiger partial charge >= 0.3 is 0 Å². The molecule has 0 N–H and O–H groups in total. The second-order valence-corrected chi connectivity index (χ2v) is 10.8. The summed E-state index contributed by atoms with van der Waals surface area (Å²) in [7, 11) is 0. The van der Waals surface area contributed by atoms with Crippen molar-refractivity contribution in [2.24, 2.45) is 0 Å². The molecule has 0 fully saturated rings. The highest BCUT2D eigenvalue weighted by molar-refractivity contribution is 6.29. The van der Waals surface area contributed by atoms with E-state index in [0.717, 1.165) is 12.8 Å². The molecule has 0 unspecified atom stereocenters. The van der Waals surface area contributed by atoms with Crippen LogP contribution in [0.3, 0.4) is 0 Å². The lowest BCUT2D eigenvalue weighted by Crippen LogP contribution is -1.82. The summed E-state index contributed by atoms with van der Waals surface area (Å²) >= 11 is 0. The zero-order valence-electron chi connectivity index (χ0n) is 21.0. The number of hydrogen-bond acceptors (Lipinski definition) is 0. The van der Waals surface area contributed by atoms with Crippen LogP contribution in [-0.2, 0) is 12.8 Å². The molecule has 2 aliphatic carbocycles. The molecule has 8 aromatic rings. The van der Waals surface area contributed by atoms with Crippen molar-refractivity contribution in [3.8, 4) is 0 Å². The van der Waals surface area contributed by atoms with Gasteiger partial charge in [-0.2, -0.15) is 0 Å². The van der Waals surface area contributed by atoms with Crippen molar-refractivity contribution in [1.82, 2.24) is 0 Å². The van der Waals surface area contributed by atoms with Crippen LogP contribution in [-0.4, -0.2) is 0 Å². The van der Waals surface area contributed by atoms with Gasteiger partial charge in [0.25, 0.3) is 0 Å². The van der Waals surface area contributed by atoms with Crippen molar-refractivity contribution in [2.75, 3.05) is 0 Å². The fraction of sp³-hybridized carbons (Fsp3) is 0.0526. The highest BCUT2D eigenvalue weighted by Crippen LogP contribution is 2.44. The number of fused-ring (bicyclic) bond motifs is 6. The van der Waals surface area contributed by atoms with Crippen molar-refractivity contribution in [2.45, 2.75) is 12.8 Å². The molecule has 0 heteroatoms. The maximum Gasteiger partial charge on any atom is -0.00130 e. The van der Waals surface area contributed by atoms with Gasteiger partial charge in [0.1, 0.15) is 0 Å². The Bertz CT molecular complexity index is 1960. The topological polar surface area (TPSA) is 0 Å². The monoisotopic (exact) mass is 480 g/mol. The van der Waals surface area contributed by atoms with Crippen LogP contribution < -0.4 is 0 Å². The maximum absolute atomic E-state index is 2.27. The SMILES string of the molecule is c1ccc2c(c1)c1cccc3c1c1c(cccc21)C3.c1ccc2c(c1)c1cccc3c1c1c(cccc21)C3. The van der Waals surface area contributed by atoms with Crippen molar-refractivity contribution in [3.63, 3.8) is 0 Å². The summed E-state index contributed by atoms with van der Waals surface area (Å²) in [6, 6.07) is 44.5. The predicted octanol–water partition coefficient (Wildman–Crippen LogP) is 10.1. The van der Waals surface area contributed by atoms with Crippen molar-refractivity contribution < 1.29 is 0 Å². The van der Waals surface area contributed by atoms with Gasteiger partial charge in [-0.1, -0.05) is 121 Å². The molecule has 0 bridgehead atoms. The van der Waals surface area contributed by atoms with E-state index < -0.39 is 0 Å². The van der Waals surface area contributed by atoms with Crippen LogP contribution in [0.1, 0.15) is 22.3 Å². The van der Waals surface area contributed by atoms with E-state index in [0.29, 0.717) is 0 Å². The lowest BCUT2D eigenvalue weighted by molar-refractivity contribution is 1.27. The summed E-state index contributed by atoms with van der Waals surface area (Å²) in [6.07, 6.45) is 2.17. The quantitative estimate of drug-likeness (QED) is 0.189. The van der Waals surface area contributed by atoms with Gasteiger partial charge < -0.3 is 0 Å². The first kappa shape index (κ1) is 20.4. The molecule has 0 aliphatic heterocycles. The molecule has 0 nitrogen and oxygen atoms in total. The first-order valence-electron chi connectivity index (χ1n) is 13.5. The van der Waals surface area contributed by atoms with E-state index in [4.69, 9.17) is 0 Å². The van der Waals surface area contributed by atoms with Crippen LogP contribution in [0.2, 0.25) is 0 Å². The second-order valence-electron chi connectivity index (χ2n) is 10.8. The Morgan fingerprint density at radius 1 is 0.237 bits per heavy atom. The summed E-state index contributed by atoms with van der Waals surface area (Å²) in [5, 5.41) is 17.1. The number of rotatable bonds is 0. The van der Waals surface area contributed by atoms with E-state index in [1.165, 1.54) is 86.9 Å². The molecule has 8 aromatic carbocycles. The standard InChI is InChI=1S/2C19H12/c2*1-2-8-15-14(7-1)16-9-3-5-12-11-13-6-4-10-17(15)19(13)18(12)16/h2*1-10H,11H2. The second kappa shape index (κ2) is 7.43. The van der Waals surface area contributed by atoms with Gasteiger partial charge in [-0.25, -0.2) is 0 Å². The average molecular weight is 481 g/mol. The van der Waals surface area contributed by atoms with E-state index >= 15 is 0 Å². The fourth-order valence-electron chi connectivity index (χ4n) is 7.38. The molecule has 0 heterocycles. The summed E-state index contributed by atoms with van der Waals surface area (Å²) in [4.78, 5) is 0. The minimum absolute atomic E-state index is 1.08. The fourth-order valence-corrected chi connectivity index (χ4v) is 7.38. The van der Waals surface area contributed by atoms with E-state index in [2.05, 4.69) is 121 Å². The molecule has 0 saturated heterocycles. The molecule has 0 radical (unpaired) electrons. The van der Waals surface area contributed by atoms with Crippen molar-refractivity contribution >= 4 is 64.6 Å². The zero-order valence-corrected chi connectivity index (χ0v) is 21.0. The predicted molar refractivity (Wildman–Crippen MR) is 164 cm³/mol. The molecular formula is C38H24. The number of hydrogen-bond donors (Lipinski definition) is 0. The first-order valence-corrected chi connectivity index (χ1v) is 13.5. The molecule has 0 amide bonds. The van der Waals surface area contributed by atoms with Crippen molar-refractivity contribution in [1.29, 1.82) is 0 Å². The van der Waals surface area contributed by atoms with Gasteiger partial charge in [0, 0.05) is 0 Å². The summed E-state index contributed by atoms with van der Waals surface area (Å²) in [5.74, 6) is 0. The molecule has 0 saturated carbocycles. The van der Waals surface area contributed by atoms with Crippen LogP contribution in [0, 0.1) is 0 Å². The molecule has 176 valence electrons. The van der Waals surface area contributed by atoms with Gasteiger partial charge in [-0.15, -0.1) is 0 Å². The Hall–Kier alpha value is -4.68. The van der Waals surface area contributed by atoms with E-state index in [-0.39, 0.29) is 0 Å². The van der Waals surface area contributed by atoms with E-state index in [9.17, 15) is 0 Å². The highest BCUT2D eigenvalue weighted by Gasteiger charge is 2.20. The Morgan fingerprint density at radius 2 is 0.474 bits per heavy atom. The Kier molecular flexibility index (Phi) is 3.99. The summed E-state index contributed by atoms with van der Waals surface area (Å²) < 4.78 is 0. The van der Waals surface area contributed by atoms with Crippen LogP contribution in [0.25, 0.3) is 64.6 Å². The van der Waals surface area contributed by atoms with Gasteiger partial charge in [0.05, 0.1) is 0 Å². The minimum atomic E-state index is 1.08. The molecule has 0 atom stereocenters. The third kappa shape index (κ3) is 2.60. The number of benzene rings is 8. The van der Waals surface area contributed by atoms with Gasteiger partial charge in [0.15, 0.2) is 0 Å². The summed E-state index contributed by atoms with van der Waals surface area (Å²) in [6.45, 7) is 0. The molecule has 0 spiro atoms. The largest absolute Gasteiger partial charge is 0.0616 e. The molecule has 10 rings (SSSR count). The average Bonchev–Trinajstić information content (AvgIpc) is 3.56. The maximum atomic E-state index is 2.27. The van der Waals surface area contributed by atoms with Crippen molar-refractivity contribution in [3.05, 3.63) is 144 Å². The minimum Gasteiger partial charge on any atom is -0.0616 e. The molecule has 0 aromatic heterocycles. The van der Waals surface area contributed by atoms with Crippen LogP contribution in [0.15, 0.2) is 121 Å². The normalized spacial score (nSPS) is 13.1. The smallest absolute Gasteiger partial charge is 0.00130 e. The van der Waals surface area contributed by atoms with Crippen LogP contribution >= 0.6 is 0 Å². The highest BCUT2D eigenvalue weighted by atomic mass is 14.2.